The van der Waals surface area contributed by atoms with Crippen LogP contribution in [0, 0.1) is 5.82 Å². The maximum absolute atomic E-state index is 13.2. The molecule has 1 aliphatic rings. The lowest BCUT2D eigenvalue weighted by Crippen LogP contribution is -2.27. The molecule has 7 heteroatoms. The molecule has 1 heterocycles. The minimum atomic E-state index is -0.480. The smallest absolute Gasteiger partial charge is 0.293 e. The van der Waals surface area contributed by atoms with Gasteiger partial charge >= 0.3 is 0 Å². The predicted octanol–water partition coefficient (Wildman–Crippen LogP) is 6.26. The third-order valence-corrected chi connectivity index (χ3v) is 5.75. The van der Waals surface area contributed by atoms with Crippen molar-refractivity contribution in [1.29, 1.82) is 0 Å². The minimum Gasteiger partial charge on any atom is -0.298 e. The Kier molecular flexibility index (Phi) is 7.25. The standard InChI is InChI=1S/C24H19ClFNO3S/c1-15(9-17-3-5-18(6-4-17)10-16(2)14-28)11-22-23(29)27(24(30)31-22)13-19-7-8-20(26)12-21(19)25/h3-12,14H,13H2,1-2H3/b15-9+,16-10+,22-11-. The van der Waals surface area contributed by atoms with Crippen LogP contribution in [0.15, 0.2) is 64.6 Å². The second-order valence-electron chi connectivity index (χ2n) is 7.06. The highest BCUT2D eigenvalue weighted by Crippen LogP contribution is 2.33. The van der Waals surface area contributed by atoms with E-state index in [2.05, 4.69) is 0 Å². The van der Waals surface area contributed by atoms with E-state index in [1.54, 1.807) is 19.1 Å². The molecular formula is C24H19ClFNO3S. The summed E-state index contributed by atoms with van der Waals surface area (Å²) in [5, 5.41) is -0.230. The molecule has 2 amide bonds. The summed E-state index contributed by atoms with van der Waals surface area (Å²) in [6.07, 6.45) is 6.15. The van der Waals surface area contributed by atoms with Gasteiger partial charge in [0, 0.05) is 5.02 Å². The van der Waals surface area contributed by atoms with Crippen LogP contribution in [0.1, 0.15) is 30.5 Å². The largest absolute Gasteiger partial charge is 0.298 e. The molecule has 2 aromatic carbocycles. The Bertz CT molecular complexity index is 1140. The predicted molar refractivity (Wildman–Crippen MR) is 123 cm³/mol. The third kappa shape index (κ3) is 5.81. The Hall–Kier alpha value is -2.96. The van der Waals surface area contributed by atoms with Crippen molar-refractivity contribution >= 4 is 52.9 Å². The average molecular weight is 456 g/mol. The number of imide groups is 1. The molecular weight excluding hydrogens is 437 g/mol. The molecule has 0 radical (unpaired) electrons. The van der Waals surface area contributed by atoms with E-state index < -0.39 is 17.0 Å². The van der Waals surface area contributed by atoms with E-state index in [0.717, 1.165) is 45.7 Å². The molecule has 0 atom stereocenters. The lowest BCUT2D eigenvalue weighted by Gasteiger charge is -2.13. The van der Waals surface area contributed by atoms with Crippen molar-refractivity contribution in [3.05, 3.63) is 92.1 Å². The molecule has 31 heavy (non-hydrogen) atoms. The quantitative estimate of drug-likeness (QED) is 0.381. The SMILES string of the molecule is C/C(C=O)=C\c1ccc(/C=C(C)/C=C2\SC(=O)N(Cc3ccc(F)cc3Cl)C2=O)cc1. The maximum Gasteiger partial charge on any atom is 0.293 e. The Morgan fingerprint density at radius 3 is 2.23 bits per heavy atom. The molecule has 1 fully saturated rings. The second-order valence-corrected chi connectivity index (χ2v) is 8.47. The highest BCUT2D eigenvalue weighted by Gasteiger charge is 2.35. The Balaban J connectivity index is 1.74. The lowest BCUT2D eigenvalue weighted by molar-refractivity contribution is -0.123. The number of thioether (sulfide) groups is 1. The van der Waals surface area contributed by atoms with Crippen molar-refractivity contribution in [2.75, 3.05) is 0 Å². The highest BCUT2D eigenvalue weighted by molar-refractivity contribution is 8.18. The lowest BCUT2D eigenvalue weighted by atomic mass is 10.1. The summed E-state index contributed by atoms with van der Waals surface area (Å²) in [6.45, 7) is 3.57. The van der Waals surface area contributed by atoms with Gasteiger partial charge in [-0.15, -0.1) is 0 Å². The molecule has 4 nitrogen and oxygen atoms in total. The first-order valence-corrected chi connectivity index (χ1v) is 10.6. The third-order valence-electron chi connectivity index (χ3n) is 4.49. The normalized spacial score (nSPS) is 16.4. The van der Waals surface area contributed by atoms with Gasteiger partial charge in [-0.1, -0.05) is 48.0 Å². The molecule has 0 N–H and O–H groups in total. The number of allylic oxidation sites excluding steroid dienone is 3. The molecule has 0 spiro atoms. The van der Waals surface area contributed by atoms with Crippen molar-refractivity contribution in [3.63, 3.8) is 0 Å². The van der Waals surface area contributed by atoms with Crippen LogP contribution in [0.3, 0.4) is 0 Å². The van der Waals surface area contributed by atoms with E-state index in [1.807, 2.05) is 37.3 Å². The summed E-state index contributed by atoms with van der Waals surface area (Å²) in [5.41, 5.74) is 3.78. The zero-order valence-corrected chi connectivity index (χ0v) is 18.5. The number of hydrogen-bond acceptors (Lipinski definition) is 4. The molecule has 0 unspecified atom stereocenters. The monoisotopic (exact) mass is 455 g/mol. The Morgan fingerprint density at radius 1 is 1.03 bits per heavy atom. The van der Waals surface area contributed by atoms with Crippen LogP contribution in [0.4, 0.5) is 9.18 Å². The van der Waals surface area contributed by atoms with Crippen LogP contribution in [0.5, 0.6) is 0 Å². The van der Waals surface area contributed by atoms with Crippen LogP contribution < -0.4 is 0 Å². The Labute approximate surface area is 189 Å². The summed E-state index contributed by atoms with van der Waals surface area (Å²) in [4.78, 5) is 37.2. The number of carbonyl (C=O) groups excluding carboxylic acids is 3. The van der Waals surface area contributed by atoms with Crippen LogP contribution in [0.25, 0.3) is 12.2 Å². The van der Waals surface area contributed by atoms with E-state index >= 15 is 0 Å². The van der Waals surface area contributed by atoms with Gasteiger partial charge in [-0.05, 0) is 77.7 Å². The van der Waals surface area contributed by atoms with Gasteiger partial charge in [-0.3, -0.25) is 19.3 Å². The molecule has 1 saturated heterocycles. The number of benzene rings is 2. The topological polar surface area (TPSA) is 54.5 Å². The van der Waals surface area contributed by atoms with E-state index in [0.29, 0.717) is 16.0 Å². The first-order valence-electron chi connectivity index (χ1n) is 9.38. The number of hydrogen-bond donors (Lipinski definition) is 0. The van der Waals surface area contributed by atoms with Gasteiger partial charge in [-0.2, -0.15) is 0 Å². The number of amides is 2. The number of rotatable bonds is 6. The summed E-state index contributed by atoms with van der Waals surface area (Å²) >= 11 is 6.88. The molecule has 2 aromatic rings. The molecule has 3 rings (SSSR count). The van der Waals surface area contributed by atoms with Crippen molar-refractivity contribution in [1.82, 2.24) is 4.90 Å². The highest BCUT2D eigenvalue weighted by atomic mass is 35.5. The van der Waals surface area contributed by atoms with E-state index in [4.69, 9.17) is 11.6 Å². The summed E-state index contributed by atoms with van der Waals surface area (Å²) < 4.78 is 13.2. The molecule has 0 saturated carbocycles. The second kappa shape index (κ2) is 9.90. The van der Waals surface area contributed by atoms with Gasteiger partial charge in [0.15, 0.2) is 0 Å². The zero-order valence-electron chi connectivity index (χ0n) is 16.9. The minimum absolute atomic E-state index is 0.0148. The molecule has 158 valence electrons. The number of nitrogens with zero attached hydrogens (tertiary/aromatic N) is 1. The molecule has 1 aliphatic heterocycles. The summed E-state index contributed by atoms with van der Waals surface area (Å²) in [6, 6.07) is 11.5. The fourth-order valence-corrected chi connectivity index (χ4v) is 4.07. The molecule has 0 aromatic heterocycles. The first kappa shape index (κ1) is 22.7. The number of halogens is 2. The van der Waals surface area contributed by atoms with Crippen molar-refractivity contribution in [3.8, 4) is 0 Å². The van der Waals surface area contributed by atoms with Crippen LogP contribution in [-0.4, -0.2) is 22.3 Å². The van der Waals surface area contributed by atoms with E-state index in [1.165, 1.54) is 12.1 Å². The van der Waals surface area contributed by atoms with Crippen molar-refractivity contribution in [2.24, 2.45) is 0 Å². The molecule has 0 bridgehead atoms. The Morgan fingerprint density at radius 2 is 1.65 bits per heavy atom. The zero-order chi connectivity index (χ0) is 22.5. The van der Waals surface area contributed by atoms with Gasteiger partial charge in [-0.25, -0.2) is 4.39 Å². The van der Waals surface area contributed by atoms with Crippen molar-refractivity contribution < 1.29 is 18.8 Å². The fourth-order valence-electron chi connectivity index (χ4n) is 2.95. The molecule has 0 aliphatic carbocycles. The van der Waals surface area contributed by atoms with E-state index in [-0.39, 0.29) is 11.6 Å². The number of aldehydes is 1. The van der Waals surface area contributed by atoms with Gasteiger partial charge in [0.05, 0.1) is 11.4 Å². The van der Waals surface area contributed by atoms with Crippen molar-refractivity contribution in [2.45, 2.75) is 20.4 Å². The summed E-state index contributed by atoms with van der Waals surface area (Å²) in [5.74, 6) is -0.889. The van der Waals surface area contributed by atoms with Crippen LogP contribution >= 0.6 is 23.4 Å². The van der Waals surface area contributed by atoms with Gasteiger partial charge in [0.25, 0.3) is 11.1 Å². The fraction of sp³-hybridized carbons (Fsp3) is 0.125. The average Bonchev–Trinajstić information content (AvgIpc) is 2.98. The van der Waals surface area contributed by atoms with E-state index in [9.17, 15) is 18.8 Å². The first-order chi connectivity index (χ1) is 14.8. The van der Waals surface area contributed by atoms with Crippen LogP contribution in [0.2, 0.25) is 5.02 Å². The van der Waals surface area contributed by atoms with Gasteiger partial charge < -0.3 is 0 Å². The maximum atomic E-state index is 13.2. The summed E-state index contributed by atoms with van der Waals surface area (Å²) in [7, 11) is 0. The number of carbonyl (C=O) groups is 3. The van der Waals surface area contributed by atoms with Gasteiger partial charge in [0.2, 0.25) is 0 Å². The van der Waals surface area contributed by atoms with Crippen LogP contribution in [-0.2, 0) is 16.1 Å². The van der Waals surface area contributed by atoms with Gasteiger partial charge in [0.1, 0.15) is 12.1 Å².